The topological polar surface area (TPSA) is 16.1 Å². The molecular weight excluding hydrogens is 296 g/mol. The summed E-state index contributed by atoms with van der Waals surface area (Å²) in [4.78, 5) is 2.41. The van der Waals surface area contributed by atoms with E-state index in [-0.39, 0.29) is 17.0 Å². The third-order valence-corrected chi connectivity index (χ3v) is 4.35. The Bertz CT molecular complexity index is 489. The van der Waals surface area contributed by atoms with Crippen molar-refractivity contribution in [3.05, 3.63) is 30.0 Å². The van der Waals surface area contributed by atoms with Crippen LogP contribution in [0.5, 0.6) is 0 Å². The van der Waals surface area contributed by atoms with Crippen LogP contribution in [0.25, 0.3) is 10.1 Å². The molecule has 0 spiro atoms. The summed E-state index contributed by atoms with van der Waals surface area (Å²) in [7, 11) is 2.20. The second-order valence-electron chi connectivity index (χ2n) is 4.64. The molecule has 0 atom stereocenters. The lowest BCUT2D eigenvalue weighted by atomic mass is 9.92. The van der Waals surface area contributed by atoms with Crippen molar-refractivity contribution in [3.8, 4) is 0 Å². The van der Waals surface area contributed by atoms with Crippen molar-refractivity contribution in [1.82, 2.24) is 9.27 Å². The Morgan fingerprint density at radius 1 is 1.24 bits per heavy atom. The van der Waals surface area contributed by atoms with Crippen LogP contribution in [-0.2, 0) is 0 Å². The highest BCUT2D eigenvalue weighted by molar-refractivity contribution is 8.93. The molecule has 0 unspecified atom stereocenters. The van der Waals surface area contributed by atoms with Gasteiger partial charge >= 0.3 is 0 Å². The van der Waals surface area contributed by atoms with Gasteiger partial charge in [-0.05, 0) is 50.6 Å². The lowest BCUT2D eigenvalue weighted by molar-refractivity contribution is 0.254. The minimum Gasteiger partial charge on any atom is -0.306 e. The maximum absolute atomic E-state index is 4.67. The molecule has 92 valence electrons. The van der Waals surface area contributed by atoms with Gasteiger partial charge in [-0.3, -0.25) is 0 Å². The second kappa shape index (κ2) is 5.46. The fraction of sp³-hybridized carbons (Fsp3) is 0.462. The molecule has 1 aromatic carbocycles. The Labute approximate surface area is 117 Å². The fourth-order valence-corrected chi connectivity index (χ4v) is 3.34. The van der Waals surface area contributed by atoms with Crippen molar-refractivity contribution in [3.63, 3.8) is 0 Å². The van der Waals surface area contributed by atoms with E-state index in [1.54, 1.807) is 11.5 Å². The first-order valence-corrected chi connectivity index (χ1v) is 6.65. The molecule has 0 aliphatic carbocycles. The van der Waals surface area contributed by atoms with E-state index >= 15 is 0 Å². The van der Waals surface area contributed by atoms with Crippen molar-refractivity contribution in [2.24, 2.45) is 0 Å². The molecule has 0 N–H and O–H groups in total. The number of rotatable bonds is 1. The minimum atomic E-state index is 0. The zero-order valence-electron chi connectivity index (χ0n) is 9.93. The summed E-state index contributed by atoms with van der Waals surface area (Å²) >= 11 is 1.64. The molecule has 0 saturated carbocycles. The highest BCUT2D eigenvalue weighted by atomic mass is 79.9. The molecule has 1 aliphatic rings. The first-order chi connectivity index (χ1) is 7.84. The molecule has 2 aromatic rings. The third-order valence-electron chi connectivity index (χ3n) is 3.51. The first kappa shape index (κ1) is 13.0. The minimum absolute atomic E-state index is 0. The van der Waals surface area contributed by atoms with Gasteiger partial charge < -0.3 is 4.90 Å². The van der Waals surface area contributed by atoms with Crippen LogP contribution in [0.15, 0.2) is 24.3 Å². The Hall–Kier alpha value is -0.450. The van der Waals surface area contributed by atoms with Gasteiger partial charge in [0.15, 0.2) is 0 Å². The van der Waals surface area contributed by atoms with E-state index < -0.39 is 0 Å². The van der Waals surface area contributed by atoms with Crippen molar-refractivity contribution in [2.75, 3.05) is 20.1 Å². The summed E-state index contributed by atoms with van der Waals surface area (Å²) in [6.07, 6.45) is 2.51. The van der Waals surface area contributed by atoms with Gasteiger partial charge in [-0.1, -0.05) is 18.2 Å². The summed E-state index contributed by atoms with van der Waals surface area (Å²) in [5.41, 5.74) is 1.34. The molecule has 1 aromatic heterocycles. The largest absolute Gasteiger partial charge is 0.306 e. The van der Waals surface area contributed by atoms with E-state index in [1.165, 1.54) is 41.7 Å². The average Bonchev–Trinajstić information content (AvgIpc) is 2.74. The summed E-state index contributed by atoms with van der Waals surface area (Å²) in [6.45, 7) is 2.41. The van der Waals surface area contributed by atoms with Gasteiger partial charge in [0, 0.05) is 11.3 Å². The van der Waals surface area contributed by atoms with Crippen LogP contribution in [0.1, 0.15) is 24.5 Å². The maximum atomic E-state index is 4.67. The summed E-state index contributed by atoms with van der Waals surface area (Å²) in [5, 5.41) is 1.38. The van der Waals surface area contributed by atoms with Crippen LogP contribution >= 0.6 is 28.5 Å². The van der Waals surface area contributed by atoms with Gasteiger partial charge in [0.2, 0.25) is 0 Å². The predicted octanol–water partition coefficient (Wildman–Crippen LogP) is 3.68. The smallest absolute Gasteiger partial charge is 0.0652 e. The molecular formula is C13H17BrN2S. The molecule has 2 nitrogen and oxygen atoms in total. The monoisotopic (exact) mass is 312 g/mol. The Kier molecular flexibility index (Phi) is 4.17. The lowest BCUT2D eigenvalue weighted by Crippen LogP contribution is -2.29. The van der Waals surface area contributed by atoms with Crippen LogP contribution in [0, 0.1) is 0 Å². The summed E-state index contributed by atoms with van der Waals surface area (Å²) in [5.74, 6) is 0.673. The van der Waals surface area contributed by atoms with E-state index in [4.69, 9.17) is 0 Å². The Morgan fingerprint density at radius 3 is 2.71 bits per heavy atom. The number of aromatic nitrogens is 1. The van der Waals surface area contributed by atoms with E-state index in [9.17, 15) is 0 Å². The first-order valence-electron chi connectivity index (χ1n) is 5.87. The normalized spacial score (nSPS) is 18.2. The summed E-state index contributed by atoms with van der Waals surface area (Å²) in [6, 6.07) is 8.60. The van der Waals surface area contributed by atoms with E-state index in [0.29, 0.717) is 5.92 Å². The van der Waals surface area contributed by atoms with Crippen LogP contribution in [0.4, 0.5) is 0 Å². The van der Waals surface area contributed by atoms with Gasteiger partial charge in [-0.2, -0.15) is 4.37 Å². The Balaban J connectivity index is 0.00000108. The molecule has 2 heterocycles. The molecule has 1 fully saturated rings. The number of likely N-dealkylation sites (tertiary alicyclic amines) is 1. The van der Waals surface area contributed by atoms with Gasteiger partial charge in [-0.15, -0.1) is 17.0 Å². The zero-order chi connectivity index (χ0) is 11.0. The quantitative estimate of drug-likeness (QED) is 0.798. The second-order valence-corrected chi connectivity index (χ2v) is 5.45. The predicted molar refractivity (Wildman–Crippen MR) is 79.4 cm³/mol. The molecule has 0 radical (unpaired) electrons. The number of piperidine rings is 1. The molecule has 0 amide bonds. The molecule has 1 saturated heterocycles. The number of hydrogen-bond acceptors (Lipinski definition) is 3. The number of halogens is 1. The average molecular weight is 313 g/mol. The van der Waals surface area contributed by atoms with Crippen molar-refractivity contribution >= 4 is 38.6 Å². The van der Waals surface area contributed by atoms with E-state index in [0.717, 1.165) is 0 Å². The molecule has 3 rings (SSSR count). The highest BCUT2D eigenvalue weighted by Crippen LogP contribution is 2.33. The number of fused-ring (bicyclic) bond motifs is 1. The van der Waals surface area contributed by atoms with E-state index in [2.05, 4.69) is 40.6 Å². The zero-order valence-corrected chi connectivity index (χ0v) is 12.5. The van der Waals surface area contributed by atoms with E-state index in [1.807, 2.05) is 0 Å². The molecule has 0 bridgehead atoms. The van der Waals surface area contributed by atoms with Crippen molar-refractivity contribution < 1.29 is 0 Å². The fourth-order valence-electron chi connectivity index (χ4n) is 2.48. The van der Waals surface area contributed by atoms with Gasteiger partial charge in [0.1, 0.15) is 0 Å². The van der Waals surface area contributed by atoms with Gasteiger partial charge in [-0.25, -0.2) is 0 Å². The van der Waals surface area contributed by atoms with Crippen molar-refractivity contribution in [2.45, 2.75) is 18.8 Å². The molecule has 17 heavy (non-hydrogen) atoms. The van der Waals surface area contributed by atoms with Gasteiger partial charge in [0.05, 0.1) is 10.4 Å². The van der Waals surface area contributed by atoms with Crippen LogP contribution in [0.3, 0.4) is 0 Å². The lowest BCUT2D eigenvalue weighted by Gasteiger charge is -2.28. The standard InChI is InChI=1S/C13H16N2S.BrH/c1-15-8-6-10(7-9-15)13-11-4-2-3-5-12(11)16-14-13;/h2-5,10H,6-9H2,1H3;1H. The Morgan fingerprint density at radius 2 is 1.94 bits per heavy atom. The van der Waals surface area contributed by atoms with Crippen LogP contribution < -0.4 is 0 Å². The molecule has 4 heteroatoms. The maximum Gasteiger partial charge on any atom is 0.0652 e. The summed E-state index contributed by atoms with van der Waals surface area (Å²) < 4.78 is 6.00. The number of nitrogens with zero attached hydrogens (tertiary/aromatic N) is 2. The van der Waals surface area contributed by atoms with Gasteiger partial charge in [0.25, 0.3) is 0 Å². The number of hydrogen-bond donors (Lipinski definition) is 0. The number of benzene rings is 1. The highest BCUT2D eigenvalue weighted by Gasteiger charge is 2.22. The van der Waals surface area contributed by atoms with Crippen LogP contribution in [-0.4, -0.2) is 29.4 Å². The van der Waals surface area contributed by atoms with Crippen LogP contribution in [0.2, 0.25) is 0 Å². The third kappa shape index (κ3) is 2.54. The van der Waals surface area contributed by atoms with Crippen molar-refractivity contribution in [1.29, 1.82) is 0 Å². The SMILES string of the molecule is Br.CN1CCC(c2nsc3ccccc23)CC1. The molecule has 1 aliphatic heterocycles.